The summed E-state index contributed by atoms with van der Waals surface area (Å²) in [5, 5.41) is 4.10. The van der Waals surface area contributed by atoms with Crippen LogP contribution in [0.25, 0.3) is 16.6 Å². The minimum absolute atomic E-state index is 0.0152. The summed E-state index contributed by atoms with van der Waals surface area (Å²) < 4.78 is 1.62. The number of rotatable bonds is 7. The first-order valence-corrected chi connectivity index (χ1v) is 11.1. The lowest BCUT2D eigenvalue weighted by atomic mass is 9.98. The number of fused-ring (bicyclic) bond motifs is 1. The predicted octanol–water partition coefficient (Wildman–Crippen LogP) is 4.27. The quantitative estimate of drug-likeness (QED) is 0.469. The van der Waals surface area contributed by atoms with E-state index < -0.39 is 0 Å². The smallest absolute Gasteiger partial charge is 0.266 e. The minimum Gasteiger partial charge on any atom is -0.353 e. The van der Waals surface area contributed by atoms with E-state index in [1.807, 2.05) is 30.3 Å². The van der Waals surface area contributed by atoms with Gasteiger partial charge in [0, 0.05) is 6.04 Å². The summed E-state index contributed by atoms with van der Waals surface area (Å²) >= 11 is 1.30. The number of thioether (sulfide) groups is 1. The maximum atomic E-state index is 13.3. The second-order valence-electron chi connectivity index (χ2n) is 7.58. The Bertz CT molecular complexity index is 1090. The number of hydrogen-bond donors (Lipinski definition) is 1. The van der Waals surface area contributed by atoms with Crippen LogP contribution in [0.15, 0.2) is 58.5 Å². The molecule has 5 nitrogen and oxygen atoms in total. The number of carbonyl (C=O) groups is 1. The van der Waals surface area contributed by atoms with E-state index in [4.69, 9.17) is 4.98 Å². The predicted molar refractivity (Wildman–Crippen MR) is 118 cm³/mol. The fourth-order valence-corrected chi connectivity index (χ4v) is 4.08. The van der Waals surface area contributed by atoms with Gasteiger partial charge in [-0.15, -0.1) is 0 Å². The van der Waals surface area contributed by atoms with Crippen molar-refractivity contribution in [3.05, 3.63) is 64.4 Å². The number of hydrogen-bond acceptors (Lipinski definition) is 4. The zero-order valence-electron chi connectivity index (χ0n) is 16.7. The lowest BCUT2D eigenvalue weighted by Gasteiger charge is -2.15. The van der Waals surface area contributed by atoms with Gasteiger partial charge in [0.05, 0.1) is 22.3 Å². The van der Waals surface area contributed by atoms with Crippen molar-refractivity contribution < 1.29 is 4.79 Å². The third-order valence-electron chi connectivity index (χ3n) is 5.35. The third-order valence-corrected chi connectivity index (χ3v) is 6.29. The van der Waals surface area contributed by atoms with Crippen LogP contribution in [0.4, 0.5) is 0 Å². The first-order chi connectivity index (χ1) is 14.1. The maximum absolute atomic E-state index is 13.3. The topological polar surface area (TPSA) is 64.0 Å². The van der Waals surface area contributed by atoms with Crippen molar-refractivity contribution in [2.75, 3.05) is 5.75 Å². The van der Waals surface area contributed by atoms with Crippen molar-refractivity contribution >= 4 is 28.6 Å². The summed E-state index contributed by atoms with van der Waals surface area (Å²) in [6.45, 7) is 4.36. The average Bonchev–Trinajstić information content (AvgIpc) is 3.56. The highest BCUT2D eigenvalue weighted by molar-refractivity contribution is 7.99. The monoisotopic (exact) mass is 407 g/mol. The van der Waals surface area contributed by atoms with Crippen molar-refractivity contribution in [3.63, 3.8) is 0 Å². The third kappa shape index (κ3) is 4.37. The van der Waals surface area contributed by atoms with Crippen molar-refractivity contribution in [1.29, 1.82) is 0 Å². The van der Waals surface area contributed by atoms with Crippen LogP contribution in [0.1, 0.15) is 44.6 Å². The Hall–Kier alpha value is -2.60. The molecule has 29 heavy (non-hydrogen) atoms. The number of nitrogens with one attached hydrogen (secondary N) is 1. The second-order valence-corrected chi connectivity index (χ2v) is 8.53. The average molecular weight is 408 g/mol. The van der Waals surface area contributed by atoms with Gasteiger partial charge in [-0.05, 0) is 55.0 Å². The van der Waals surface area contributed by atoms with Crippen molar-refractivity contribution in [2.24, 2.45) is 0 Å². The lowest BCUT2D eigenvalue weighted by molar-refractivity contribution is -0.118. The largest absolute Gasteiger partial charge is 0.353 e. The standard InChI is InChI=1S/C23H25N3O2S/c1-3-15(2)16-8-12-18(13-9-16)26-22(28)19-6-4-5-7-20(19)25-23(26)29-14-21(27)24-17-10-11-17/h4-9,12-13,15,17H,3,10-11,14H2,1-2H3,(H,24,27). The molecule has 0 bridgehead atoms. The first-order valence-electron chi connectivity index (χ1n) is 10.1. The molecule has 2 aromatic carbocycles. The van der Waals surface area contributed by atoms with Crippen LogP contribution in [0.2, 0.25) is 0 Å². The van der Waals surface area contributed by atoms with E-state index >= 15 is 0 Å². The molecule has 0 spiro atoms. The number of carbonyl (C=O) groups excluding carboxylic acids is 1. The second kappa shape index (κ2) is 8.41. The number of benzene rings is 2. The van der Waals surface area contributed by atoms with E-state index in [1.165, 1.54) is 17.3 Å². The Balaban J connectivity index is 1.72. The molecular formula is C23H25N3O2S. The van der Waals surface area contributed by atoms with Crippen molar-refractivity contribution in [1.82, 2.24) is 14.9 Å². The molecule has 1 atom stereocenters. The molecule has 1 aromatic heterocycles. The van der Waals surface area contributed by atoms with E-state index in [2.05, 4.69) is 31.3 Å². The van der Waals surface area contributed by atoms with Crippen LogP contribution in [0, 0.1) is 0 Å². The molecule has 3 aromatic rings. The molecule has 1 aliphatic carbocycles. The molecular weight excluding hydrogens is 382 g/mol. The summed E-state index contributed by atoms with van der Waals surface area (Å²) in [6, 6.07) is 15.7. The van der Waals surface area contributed by atoms with Gasteiger partial charge in [0.15, 0.2) is 5.16 Å². The van der Waals surface area contributed by atoms with Gasteiger partial charge in [-0.1, -0.05) is 49.9 Å². The molecule has 6 heteroatoms. The molecule has 1 aliphatic rings. The molecule has 1 unspecified atom stereocenters. The van der Waals surface area contributed by atoms with Crippen LogP contribution in [0.3, 0.4) is 0 Å². The van der Waals surface area contributed by atoms with Gasteiger partial charge in [0.1, 0.15) is 0 Å². The molecule has 150 valence electrons. The number of para-hydroxylation sites is 1. The highest BCUT2D eigenvalue weighted by Crippen LogP contribution is 2.24. The van der Waals surface area contributed by atoms with Crippen molar-refractivity contribution in [2.45, 2.75) is 50.2 Å². The summed E-state index contributed by atoms with van der Waals surface area (Å²) in [4.78, 5) is 30.1. The molecule has 1 fully saturated rings. The highest BCUT2D eigenvalue weighted by atomic mass is 32.2. The van der Waals surface area contributed by atoms with E-state index in [1.54, 1.807) is 10.6 Å². The van der Waals surface area contributed by atoms with Crippen LogP contribution >= 0.6 is 11.8 Å². The Kier molecular flexibility index (Phi) is 5.72. The summed E-state index contributed by atoms with van der Waals surface area (Å²) in [6.07, 6.45) is 3.17. The lowest BCUT2D eigenvalue weighted by Crippen LogP contribution is -2.28. The van der Waals surface area contributed by atoms with Crippen molar-refractivity contribution in [3.8, 4) is 5.69 Å². The Morgan fingerprint density at radius 2 is 1.93 bits per heavy atom. The molecule has 0 radical (unpaired) electrons. The zero-order chi connectivity index (χ0) is 20.4. The summed E-state index contributed by atoms with van der Waals surface area (Å²) in [7, 11) is 0. The zero-order valence-corrected chi connectivity index (χ0v) is 17.5. The van der Waals surface area contributed by atoms with Crippen LogP contribution < -0.4 is 10.9 Å². The van der Waals surface area contributed by atoms with Crippen LogP contribution in [0.5, 0.6) is 0 Å². The molecule has 4 rings (SSSR count). The number of amides is 1. The van der Waals surface area contributed by atoms with Gasteiger partial charge >= 0.3 is 0 Å². The van der Waals surface area contributed by atoms with Crippen LogP contribution in [-0.2, 0) is 4.79 Å². The molecule has 0 saturated heterocycles. The normalized spacial score (nSPS) is 14.7. The first kappa shape index (κ1) is 19.7. The Labute approximate surface area is 174 Å². The van der Waals surface area contributed by atoms with Gasteiger partial charge in [-0.25, -0.2) is 4.98 Å². The molecule has 1 heterocycles. The fraction of sp³-hybridized carbons (Fsp3) is 0.348. The van der Waals surface area contributed by atoms with Gasteiger partial charge in [-0.3, -0.25) is 14.2 Å². The van der Waals surface area contributed by atoms with E-state index in [-0.39, 0.29) is 17.2 Å². The van der Waals surface area contributed by atoms with Crippen LogP contribution in [-0.4, -0.2) is 27.3 Å². The van der Waals surface area contributed by atoms with Gasteiger partial charge in [0.25, 0.3) is 5.56 Å². The molecule has 0 aliphatic heterocycles. The summed E-state index contributed by atoms with van der Waals surface area (Å²) in [5.74, 6) is 0.695. The molecule has 1 saturated carbocycles. The molecule has 1 amide bonds. The maximum Gasteiger partial charge on any atom is 0.266 e. The van der Waals surface area contributed by atoms with Gasteiger partial charge < -0.3 is 5.32 Å². The Morgan fingerprint density at radius 3 is 2.62 bits per heavy atom. The SMILES string of the molecule is CCC(C)c1ccc(-n2c(SCC(=O)NC3CC3)nc3ccccc3c2=O)cc1. The highest BCUT2D eigenvalue weighted by Gasteiger charge is 2.23. The number of aromatic nitrogens is 2. The van der Waals surface area contributed by atoms with E-state index in [9.17, 15) is 9.59 Å². The van der Waals surface area contributed by atoms with E-state index in [0.717, 1.165) is 24.9 Å². The van der Waals surface area contributed by atoms with E-state index in [0.29, 0.717) is 28.0 Å². The minimum atomic E-state index is -0.114. The Morgan fingerprint density at radius 1 is 1.21 bits per heavy atom. The number of nitrogens with zero attached hydrogens (tertiary/aromatic N) is 2. The van der Waals surface area contributed by atoms with Gasteiger partial charge in [0.2, 0.25) is 5.91 Å². The summed E-state index contributed by atoms with van der Waals surface area (Å²) in [5.41, 5.74) is 2.55. The molecule has 1 N–H and O–H groups in total. The van der Waals surface area contributed by atoms with Gasteiger partial charge in [-0.2, -0.15) is 0 Å². The fourth-order valence-electron chi connectivity index (χ4n) is 3.25.